The Bertz CT molecular complexity index is 1360. The van der Waals surface area contributed by atoms with Gasteiger partial charge in [0.05, 0.1) is 18.2 Å². The number of pyridine rings is 1. The van der Waals surface area contributed by atoms with Gasteiger partial charge in [0.1, 0.15) is 0 Å². The number of nitrogens with zero attached hydrogens (tertiary/aromatic N) is 2. The van der Waals surface area contributed by atoms with E-state index < -0.39 is 11.9 Å². The van der Waals surface area contributed by atoms with Crippen molar-refractivity contribution >= 4 is 39.2 Å². The number of nitrogens with one attached hydrogen (secondary N) is 1. The molecule has 0 bridgehead atoms. The molecule has 32 heavy (non-hydrogen) atoms. The Balaban J connectivity index is 1.63. The number of hydrogen-bond donors (Lipinski definition) is 1. The minimum atomic E-state index is -0.552. The van der Waals surface area contributed by atoms with E-state index in [0.29, 0.717) is 17.3 Å². The first-order valence-corrected chi connectivity index (χ1v) is 10.8. The molecule has 0 spiro atoms. The largest absolute Gasteiger partial charge is 0.464 e. The number of ether oxygens (including phenoxy) is 1. The number of fused-ring (bicyclic) bond motifs is 1. The van der Waals surface area contributed by atoms with E-state index in [0.717, 1.165) is 16.9 Å². The molecule has 0 saturated heterocycles. The Morgan fingerprint density at radius 3 is 2.53 bits per heavy atom. The van der Waals surface area contributed by atoms with Gasteiger partial charge < -0.3 is 9.30 Å². The van der Waals surface area contributed by atoms with Crippen LogP contribution < -0.4 is 10.9 Å². The summed E-state index contributed by atoms with van der Waals surface area (Å²) in [6.07, 6.45) is 1.30. The van der Waals surface area contributed by atoms with Crippen molar-refractivity contribution in [1.82, 2.24) is 9.55 Å². The summed E-state index contributed by atoms with van der Waals surface area (Å²) in [4.78, 5) is 42.6. The highest BCUT2D eigenvalue weighted by atomic mass is 32.1. The first kappa shape index (κ1) is 21.5. The van der Waals surface area contributed by atoms with Gasteiger partial charge in [-0.05, 0) is 24.5 Å². The molecule has 1 amide bonds. The summed E-state index contributed by atoms with van der Waals surface area (Å²) < 4.78 is 6.36. The topological polar surface area (TPSA) is 90.3 Å². The van der Waals surface area contributed by atoms with Crippen LogP contribution in [0.2, 0.25) is 0 Å². The van der Waals surface area contributed by atoms with Crippen LogP contribution in [0, 0.1) is 0 Å². The fourth-order valence-corrected chi connectivity index (χ4v) is 4.44. The van der Waals surface area contributed by atoms with E-state index in [9.17, 15) is 14.4 Å². The van der Waals surface area contributed by atoms with Gasteiger partial charge in [0.15, 0.2) is 10.8 Å². The third-order valence-electron chi connectivity index (χ3n) is 5.18. The molecule has 2 aromatic carbocycles. The molecule has 2 heterocycles. The van der Waals surface area contributed by atoms with E-state index in [2.05, 4.69) is 10.3 Å². The van der Waals surface area contributed by atoms with Gasteiger partial charge in [-0.25, -0.2) is 9.78 Å². The van der Waals surface area contributed by atoms with E-state index in [1.165, 1.54) is 29.1 Å². The molecule has 0 aliphatic carbocycles. The van der Waals surface area contributed by atoms with Gasteiger partial charge in [0.2, 0.25) is 0 Å². The van der Waals surface area contributed by atoms with Crippen LogP contribution >= 0.6 is 11.3 Å². The Hall–Kier alpha value is -3.78. The molecule has 8 heteroatoms. The van der Waals surface area contributed by atoms with Crippen molar-refractivity contribution in [2.75, 3.05) is 12.4 Å². The lowest BCUT2D eigenvalue weighted by atomic mass is 10.1. The zero-order valence-corrected chi connectivity index (χ0v) is 18.4. The first-order chi connectivity index (χ1) is 15.5. The lowest BCUT2D eigenvalue weighted by Gasteiger charge is -2.09. The zero-order chi connectivity index (χ0) is 22.7. The Morgan fingerprint density at radius 2 is 1.78 bits per heavy atom. The van der Waals surface area contributed by atoms with E-state index in [-0.39, 0.29) is 21.9 Å². The Kier molecular flexibility index (Phi) is 6.13. The lowest BCUT2D eigenvalue weighted by molar-refractivity contribution is 0.0593. The maximum absolute atomic E-state index is 13.0. The Morgan fingerprint density at radius 1 is 1.06 bits per heavy atom. The zero-order valence-electron chi connectivity index (χ0n) is 17.6. The quantitative estimate of drug-likeness (QED) is 0.454. The molecule has 0 saturated carbocycles. The third-order valence-corrected chi connectivity index (χ3v) is 6.21. The molecule has 0 atom stereocenters. The summed E-state index contributed by atoms with van der Waals surface area (Å²) >= 11 is 1.23. The van der Waals surface area contributed by atoms with Crippen LogP contribution in [0.25, 0.3) is 10.9 Å². The highest BCUT2D eigenvalue weighted by Gasteiger charge is 2.21. The van der Waals surface area contributed by atoms with Gasteiger partial charge in [-0.15, -0.1) is 11.3 Å². The molecule has 1 N–H and O–H groups in total. The third kappa shape index (κ3) is 4.31. The van der Waals surface area contributed by atoms with Crippen molar-refractivity contribution in [3.8, 4) is 0 Å². The number of esters is 1. The second kappa shape index (κ2) is 9.15. The highest BCUT2D eigenvalue weighted by Crippen LogP contribution is 2.27. The number of para-hydroxylation sites is 1. The van der Waals surface area contributed by atoms with Crippen molar-refractivity contribution in [3.05, 3.63) is 92.7 Å². The second-order valence-corrected chi connectivity index (χ2v) is 8.28. The van der Waals surface area contributed by atoms with Crippen LogP contribution in [-0.4, -0.2) is 28.5 Å². The van der Waals surface area contributed by atoms with Crippen molar-refractivity contribution < 1.29 is 14.3 Å². The van der Waals surface area contributed by atoms with Crippen molar-refractivity contribution in [2.24, 2.45) is 7.05 Å². The minimum Gasteiger partial charge on any atom is -0.464 e. The number of anilines is 1. The number of methoxy groups -OCH3 is 1. The van der Waals surface area contributed by atoms with Gasteiger partial charge in [-0.1, -0.05) is 48.5 Å². The maximum Gasteiger partial charge on any atom is 0.357 e. The second-order valence-electron chi connectivity index (χ2n) is 7.19. The van der Waals surface area contributed by atoms with Crippen LogP contribution in [0.5, 0.6) is 0 Å². The predicted molar refractivity (Wildman–Crippen MR) is 124 cm³/mol. The predicted octanol–water partition coefficient (Wildman–Crippen LogP) is 3.82. The summed E-state index contributed by atoms with van der Waals surface area (Å²) in [5, 5.41) is 3.68. The molecule has 4 rings (SSSR count). The number of aromatic nitrogens is 2. The van der Waals surface area contributed by atoms with Gasteiger partial charge in [0.25, 0.3) is 11.5 Å². The molecule has 0 aliphatic heterocycles. The van der Waals surface area contributed by atoms with Crippen LogP contribution in [0.15, 0.2) is 65.5 Å². The molecule has 0 radical (unpaired) electrons. The average molecular weight is 448 g/mol. The molecule has 2 aromatic heterocycles. The number of carbonyl (C=O) groups is 2. The molecule has 0 aliphatic rings. The normalized spacial score (nSPS) is 10.8. The minimum absolute atomic E-state index is 0.192. The number of aryl methyl sites for hydroxylation is 3. The number of hydrogen-bond acceptors (Lipinski definition) is 6. The summed E-state index contributed by atoms with van der Waals surface area (Å²) in [7, 11) is 2.96. The number of thiazole rings is 1. The fourth-order valence-electron chi connectivity index (χ4n) is 3.50. The summed E-state index contributed by atoms with van der Waals surface area (Å²) in [5.41, 5.74) is 1.95. The molecular formula is C24H21N3O4S. The number of amides is 1. The number of benzene rings is 2. The maximum atomic E-state index is 13.0. The number of rotatable bonds is 6. The monoisotopic (exact) mass is 447 g/mol. The Labute approximate surface area is 188 Å². The molecule has 4 aromatic rings. The van der Waals surface area contributed by atoms with Gasteiger partial charge >= 0.3 is 5.97 Å². The molecule has 0 fully saturated rings. The van der Waals surface area contributed by atoms with Crippen LogP contribution in [-0.2, 0) is 24.6 Å². The van der Waals surface area contributed by atoms with Crippen molar-refractivity contribution in [2.45, 2.75) is 12.8 Å². The molecule has 0 unspecified atom stereocenters. The lowest BCUT2D eigenvalue weighted by Crippen LogP contribution is -2.21. The summed E-state index contributed by atoms with van der Waals surface area (Å²) in [5.74, 6) is -1.01. The van der Waals surface area contributed by atoms with Crippen molar-refractivity contribution in [1.29, 1.82) is 0 Å². The smallest absolute Gasteiger partial charge is 0.357 e. The van der Waals surface area contributed by atoms with Gasteiger partial charge in [-0.3, -0.25) is 14.9 Å². The van der Waals surface area contributed by atoms with E-state index in [4.69, 9.17) is 4.74 Å². The SMILES string of the molecule is COC(=O)c1nc(NC(=O)c2cc(=O)n(C)c3ccccc23)sc1CCc1ccccc1. The van der Waals surface area contributed by atoms with E-state index >= 15 is 0 Å². The van der Waals surface area contributed by atoms with E-state index in [1.54, 1.807) is 19.2 Å². The molecule has 162 valence electrons. The van der Waals surface area contributed by atoms with E-state index in [1.807, 2.05) is 42.5 Å². The van der Waals surface area contributed by atoms with Gasteiger partial charge in [0, 0.05) is 23.4 Å². The average Bonchev–Trinajstić information content (AvgIpc) is 3.22. The first-order valence-electron chi connectivity index (χ1n) is 10.00. The van der Waals surface area contributed by atoms with Crippen LogP contribution in [0.4, 0.5) is 5.13 Å². The summed E-state index contributed by atoms with van der Waals surface area (Å²) in [6, 6.07) is 18.4. The molecule has 7 nitrogen and oxygen atoms in total. The summed E-state index contributed by atoms with van der Waals surface area (Å²) in [6.45, 7) is 0. The van der Waals surface area contributed by atoms with Crippen molar-refractivity contribution in [3.63, 3.8) is 0 Å². The van der Waals surface area contributed by atoms with Gasteiger partial charge in [-0.2, -0.15) is 0 Å². The highest BCUT2D eigenvalue weighted by molar-refractivity contribution is 7.16. The molecular weight excluding hydrogens is 426 g/mol. The van der Waals surface area contributed by atoms with Crippen LogP contribution in [0.3, 0.4) is 0 Å². The van der Waals surface area contributed by atoms with Crippen LogP contribution in [0.1, 0.15) is 31.3 Å². The standard InChI is InChI=1S/C24H21N3O4S/c1-27-18-11-7-6-10-16(18)17(14-20(27)28)22(29)26-24-25-21(23(30)31-2)19(32-24)13-12-15-8-4-3-5-9-15/h3-11,14H,12-13H2,1-2H3,(H,25,26,29). The fraction of sp³-hybridized carbons (Fsp3) is 0.167. The number of carbonyl (C=O) groups excluding carboxylic acids is 2.